The number of carbonyl (C=O) groups is 2. The standard InChI is InChI=1S/C19H23FN4O3/c1-12-8-10-23(11-9-12)18(25)13(2)27-19(26)17-21-14(3)24(22-17)16-6-4-15(20)5-7-16/h4-7,12-13H,8-11H2,1-3H3. The van der Waals surface area contributed by atoms with Crippen molar-refractivity contribution in [3.63, 3.8) is 0 Å². The van der Waals surface area contributed by atoms with Crippen LogP contribution in [0.1, 0.15) is 43.1 Å². The Morgan fingerprint density at radius 1 is 1.22 bits per heavy atom. The lowest BCUT2D eigenvalue weighted by atomic mass is 9.99. The molecule has 1 aliphatic heterocycles. The van der Waals surface area contributed by atoms with Crippen LogP contribution >= 0.6 is 0 Å². The number of carbonyl (C=O) groups excluding carboxylic acids is 2. The quantitative estimate of drug-likeness (QED) is 0.769. The summed E-state index contributed by atoms with van der Waals surface area (Å²) in [6.45, 7) is 6.76. The Kier molecular flexibility index (Phi) is 5.53. The molecule has 1 aromatic heterocycles. The molecule has 1 unspecified atom stereocenters. The van der Waals surface area contributed by atoms with E-state index in [0.717, 1.165) is 12.8 Å². The van der Waals surface area contributed by atoms with E-state index in [2.05, 4.69) is 17.0 Å². The normalized spacial score (nSPS) is 16.2. The van der Waals surface area contributed by atoms with Gasteiger partial charge in [0.2, 0.25) is 0 Å². The second-order valence-corrected chi connectivity index (χ2v) is 6.93. The van der Waals surface area contributed by atoms with E-state index in [-0.39, 0.29) is 17.5 Å². The van der Waals surface area contributed by atoms with Gasteiger partial charge in [-0.25, -0.2) is 18.9 Å². The fourth-order valence-corrected chi connectivity index (χ4v) is 3.05. The number of halogens is 1. The smallest absolute Gasteiger partial charge is 0.379 e. The maximum absolute atomic E-state index is 13.1. The molecule has 144 valence electrons. The summed E-state index contributed by atoms with van der Waals surface area (Å²) in [6, 6.07) is 5.68. The molecule has 0 radical (unpaired) electrons. The van der Waals surface area contributed by atoms with Gasteiger partial charge in [0.1, 0.15) is 11.6 Å². The van der Waals surface area contributed by atoms with Gasteiger partial charge in [0.05, 0.1) is 5.69 Å². The topological polar surface area (TPSA) is 77.3 Å². The molecule has 7 nitrogen and oxygen atoms in total. The molecular formula is C19H23FN4O3. The van der Waals surface area contributed by atoms with E-state index < -0.39 is 12.1 Å². The van der Waals surface area contributed by atoms with Crippen molar-refractivity contribution in [1.82, 2.24) is 19.7 Å². The zero-order valence-corrected chi connectivity index (χ0v) is 15.7. The largest absolute Gasteiger partial charge is 0.447 e. The van der Waals surface area contributed by atoms with E-state index in [1.54, 1.807) is 18.7 Å². The number of esters is 1. The lowest BCUT2D eigenvalue weighted by molar-refractivity contribution is -0.141. The van der Waals surface area contributed by atoms with E-state index in [1.807, 2.05) is 0 Å². The van der Waals surface area contributed by atoms with Crippen molar-refractivity contribution in [3.8, 4) is 5.69 Å². The Morgan fingerprint density at radius 3 is 2.48 bits per heavy atom. The zero-order valence-electron chi connectivity index (χ0n) is 15.7. The Morgan fingerprint density at radius 2 is 1.85 bits per heavy atom. The molecule has 8 heteroatoms. The molecule has 3 rings (SSSR count). The van der Waals surface area contributed by atoms with E-state index >= 15 is 0 Å². The number of amides is 1. The number of aromatic nitrogens is 3. The molecule has 27 heavy (non-hydrogen) atoms. The Balaban J connectivity index is 1.66. The third-order valence-corrected chi connectivity index (χ3v) is 4.75. The van der Waals surface area contributed by atoms with Gasteiger partial charge in [0.25, 0.3) is 11.7 Å². The molecule has 0 saturated carbocycles. The van der Waals surface area contributed by atoms with Gasteiger partial charge in [-0.2, -0.15) is 0 Å². The number of piperidine rings is 1. The van der Waals surface area contributed by atoms with Crippen LogP contribution in [0.2, 0.25) is 0 Å². The lowest BCUT2D eigenvalue weighted by Gasteiger charge is -2.31. The summed E-state index contributed by atoms with van der Waals surface area (Å²) in [5, 5.41) is 4.13. The van der Waals surface area contributed by atoms with Gasteiger partial charge in [-0.3, -0.25) is 4.79 Å². The highest BCUT2D eigenvalue weighted by atomic mass is 19.1. The highest BCUT2D eigenvalue weighted by molar-refractivity contribution is 5.89. The zero-order chi connectivity index (χ0) is 19.6. The van der Waals surface area contributed by atoms with Crippen LogP contribution in [0.3, 0.4) is 0 Å². The Labute approximate surface area is 157 Å². The summed E-state index contributed by atoms with van der Waals surface area (Å²) in [4.78, 5) is 30.7. The first-order valence-corrected chi connectivity index (χ1v) is 9.04. The summed E-state index contributed by atoms with van der Waals surface area (Å²) < 4.78 is 19.8. The second-order valence-electron chi connectivity index (χ2n) is 6.93. The first kappa shape index (κ1) is 19.0. The van der Waals surface area contributed by atoms with E-state index in [0.29, 0.717) is 30.5 Å². The highest BCUT2D eigenvalue weighted by Crippen LogP contribution is 2.17. The first-order valence-electron chi connectivity index (χ1n) is 9.04. The summed E-state index contributed by atoms with van der Waals surface area (Å²) >= 11 is 0. The molecule has 1 atom stereocenters. The van der Waals surface area contributed by atoms with Gasteiger partial charge in [-0.15, -0.1) is 5.10 Å². The number of hydrogen-bond donors (Lipinski definition) is 0. The van der Waals surface area contributed by atoms with Gasteiger partial charge in [-0.05, 0) is 56.9 Å². The third-order valence-electron chi connectivity index (χ3n) is 4.75. The molecular weight excluding hydrogens is 351 g/mol. The SMILES string of the molecule is Cc1nc(C(=O)OC(C)C(=O)N2CCC(C)CC2)nn1-c1ccc(F)cc1. The minimum Gasteiger partial charge on any atom is -0.447 e. The van der Waals surface area contributed by atoms with Crippen molar-refractivity contribution in [1.29, 1.82) is 0 Å². The predicted molar refractivity (Wildman–Crippen MR) is 95.9 cm³/mol. The van der Waals surface area contributed by atoms with Crippen molar-refractivity contribution in [2.75, 3.05) is 13.1 Å². The van der Waals surface area contributed by atoms with Crippen molar-refractivity contribution in [3.05, 3.63) is 41.7 Å². The fourth-order valence-electron chi connectivity index (χ4n) is 3.05. The van der Waals surface area contributed by atoms with Gasteiger partial charge in [-0.1, -0.05) is 6.92 Å². The predicted octanol–water partition coefficient (Wildman–Crippen LogP) is 2.52. The van der Waals surface area contributed by atoms with E-state index in [9.17, 15) is 14.0 Å². The number of nitrogens with zero attached hydrogens (tertiary/aromatic N) is 4. The van der Waals surface area contributed by atoms with Gasteiger partial charge in [0.15, 0.2) is 6.10 Å². The molecule has 1 amide bonds. The highest BCUT2D eigenvalue weighted by Gasteiger charge is 2.28. The molecule has 1 aliphatic rings. The second kappa shape index (κ2) is 7.85. The number of benzene rings is 1. The van der Waals surface area contributed by atoms with Crippen LogP contribution in [-0.4, -0.2) is 50.7 Å². The van der Waals surface area contributed by atoms with Crippen molar-refractivity contribution in [2.24, 2.45) is 5.92 Å². The maximum atomic E-state index is 13.1. The average molecular weight is 374 g/mol. The number of aryl methyl sites for hydroxylation is 1. The van der Waals surface area contributed by atoms with Gasteiger partial charge >= 0.3 is 5.97 Å². The monoisotopic (exact) mass is 374 g/mol. The van der Waals surface area contributed by atoms with Crippen molar-refractivity contribution >= 4 is 11.9 Å². The van der Waals surface area contributed by atoms with Gasteiger partial charge < -0.3 is 9.64 Å². The molecule has 1 saturated heterocycles. The molecule has 0 aliphatic carbocycles. The number of likely N-dealkylation sites (tertiary alicyclic amines) is 1. The van der Waals surface area contributed by atoms with E-state index in [4.69, 9.17) is 4.74 Å². The Bertz CT molecular complexity index is 826. The summed E-state index contributed by atoms with van der Waals surface area (Å²) in [5.41, 5.74) is 0.576. The molecule has 1 fully saturated rings. The van der Waals surface area contributed by atoms with Gasteiger partial charge in [0, 0.05) is 13.1 Å². The van der Waals surface area contributed by atoms with Crippen LogP contribution in [0.15, 0.2) is 24.3 Å². The number of rotatable bonds is 4. The molecule has 0 bridgehead atoms. The Hall–Kier alpha value is -2.77. The lowest BCUT2D eigenvalue weighted by Crippen LogP contribution is -2.44. The fraction of sp³-hybridized carbons (Fsp3) is 0.474. The van der Waals surface area contributed by atoms with Crippen molar-refractivity contribution < 1.29 is 18.7 Å². The number of ether oxygens (including phenoxy) is 1. The first-order chi connectivity index (χ1) is 12.8. The molecule has 2 aromatic rings. The molecule has 0 spiro atoms. The van der Waals surface area contributed by atoms with Crippen LogP contribution in [0.5, 0.6) is 0 Å². The maximum Gasteiger partial charge on any atom is 0.379 e. The number of hydrogen-bond acceptors (Lipinski definition) is 5. The van der Waals surface area contributed by atoms with Crippen LogP contribution < -0.4 is 0 Å². The van der Waals surface area contributed by atoms with Crippen LogP contribution in [0.4, 0.5) is 4.39 Å². The third kappa shape index (κ3) is 4.32. The average Bonchev–Trinajstić information content (AvgIpc) is 3.04. The van der Waals surface area contributed by atoms with Crippen LogP contribution in [0.25, 0.3) is 5.69 Å². The summed E-state index contributed by atoms with van der Waals surface area (Å²) in [6.07, 6.45) is 1.01. The minimum atomic E-state index is -0.899. The summed E-state index contributed by atoms with van der Waals surface area (Å²) in [5.74, 6) is -0.401. The molecule has 1 aromatic carbocycles. The van der Waals surface area contributed by atoms with Crippen LogP contribution in [0, 0.1) is 18.7 Å². The molecule has 0 N–H and O–H groups in total. The summed E-state index contributed by atoms with van der Waals surface area (Å²) in [7, 11) is 0. The molecule has 2 heterocycles. The van der Waals surface area contributed by atoms with Crippen LogP contribution in [-0.2, 0) is 9.53 Å². The van der Waals surface area contributed by atoms with E-state index in [1.165, 1.54) is 28.9 Å². The minimum absolute atomic E-state index is 0.135. The van der Waals surface area contributed by atoms with Crippen molar-refractivity contribution in [2.45, 2.75) is 39.7 Å².